The first kappa shape index (κ1) is 70.5. The molecule has 2 atom stereocenters. The Kier molecular flexibility index (Phi) is 22.6. The molecular formula is C78H72N12O12. The molecule has 0 radical (unpaired) electrons. The molecule has 4 N–H and O–H groups in total. The van der Waals surface area contributed by atoms with Crippen LogP contribution in [-0.2, 0) is 57.2 Å². The van der Waals surface area contributed by atoms with Crippen LogP contribution in [0.3, 0.4) is 0 Å². The first-order valence-corrected chi connectivity index (χ1v) is 32.7. The molecule has 2 heterocycles. The molecule has 0 fully saturated rings. The van der Waals surface area contributed by atoms with Gasteiger partial charge < -0.3 is 49.7 Å². The van der Waals surface area contributed by atoms with Crippen molar-refractivity contribution in [3.05, 3.63) is 218 Å². The zero-order valence-corrected chi connectivity index (χ0v) is 56.4. The molecule has 0 saturated carbocycles. The first-order chi connectivity index (χ1) is 49.4. The average Bonchev–Trinajstić information content (AvgIpc) is 0.754. The van der Waals surface area contributed by atoms with Gasteiger partial charge in [0, 0.05) is 65.9 Å². The van der Waals surface area contributed by atoms with Crippen LogP contribution in [0.15, 0.2) is 259 Å². The van der Waals surface area contributed by atoms with E-state index in [1.54, 1.807) is 0 Å². The number of fused-ring (bicyclic) bond motifs is 2. The molecule has 2 unspecified atom stereocenters. The van der Waals surface area contributed by atoms with E-state index in [1.807, 2.05) is 208 Å². The van der Waals surface area contributed by atoms with Crippen LogP contribution in [0.25, 0.3) is 43.1 Å². The van der Waals surface area contributed by atoms with Crippen molar-refractivity contribution in [2.75, 3.05) is 60.9 Å². The van der Waals surface area contributed by atoms with E-state index in [9.17, 15) is 28.8 Å². The number of nitrogens with one attached hydrogen (secondary N) is 4. The number of esters is 6. The number of azo groups is 4. The molecule has 10 aromatic rings. The van der Waals surface area contributed by atoms with Gasteiger partial charge >= 0.3 is 35.8 Å². The second-order valence-electron chi connectivity index (χ2n) is 24.3. The third kappa shape index (κ3) is 18.1. The lowest BCUT2D eigenvalue weighted by Crippen LogP contribution is -2.49. The van der Waals surface area contributed by atoms with Crippen molar-refractivity contribution in [2.45, 2.75) is 64.7 Å². The first-order valence-electron chi connectivity index (χ1n) is 32.7. The fourth-order valence-corrected chi connectivity index (χ4v) is 11.0. The van der Waals surface area contributed by atoms with Gasteiger partial charge in [-0.1, -0.05) is 128 Å². The summed E-state index contributed by atoms with van der Waals surface area (Å²) >= 11 is 0. The molecule has 10 aromatic carbocycles. The molecular weight excluding hydrogens is 1300 g/mol. The van der Waals surface area contributed by atoms with Gasteiger partial charge in [-0.15, -0.1) is 30.7 Å². The van der Waals surface area contributed by atoms with E-state index in [1.165, 1.54) is 13.8 Å². The maximum absolute atomic E-state index is 12.6. The second-order valence-corrected chi connectivity index (χ2v) is 24.3. The highest BCUT2D eigenvalue weighted by atomic mass is 16.6. The predicted molar refractivity (Wildman–Crippen MR) is 391 cm³/mol. The van der Waals surface area contributed by atoms with Gasteiger partial charge in [0.2, 0.25) is 0 Å². The third-order valence-corrected chi connectivity index (χ3v) is 16.0. The van der Waals surface area contributed by atoms with E-state index in [-0.39, 0.29) is 76.5 Å². The van der Waals surface area contributed by atoms with Gasteiger partial charge in [0.1, 0.15) is 56.7 Å². The zero-order valence-electron chi connectivity index (χ0n) is 56.4. The molecule has 24 heteroatoms. The monoisotopic (exact) mass is 1370 g/mol. The van der Waals surface area contributed by atoms with Gasteiger partial charge in [-0.05, 0) is 112 Å². The summed E-state index contributed by atoms with van der Waals surface area (Å²) in [6, 6.07) is 61.9. The molecule has 0 bridgehead atoms. The quantitative estimate of drug-likeness (QED) is 0.0129. The van der Waals surface area contributed by atoms with Crippen molar-refractivity contribution in [3.8, 4) is 0 Å². The Morgan fingerprint density at radius 1 is 0.333 bits per heavy atom. The van der Waals surface area contributed by atoms with E-state index < -0.39 is 47.1 Å². The summed E-state index contributed by atoms with van der Waals surface area (Å²) in [6.45, 7) is 13.3. The smallest absolute Gasteiger partial charge is 0.333 e. The minimum Gasteiger partial charge on any atom is -0.462 e. The van der Waals surface area contributed by atoms with Crippen LogP contribution in [0.5, 0.6) is 0 Å². The molecule has 12 rings (SSSR count). The van der Waals surface area contributed by atoms with Crippen molar-refractivity contribution in [2.24, 2.45) is 40.9 Å². The van der Waals surface area contributed by atoms with Gasteiger partial charge in [0.05, 0.1) is 71.2 Å². The number of carbonyl (C=O) groups is 6. The Balaban J connectivity index is 0.000000205. The van der Waals surface area contributed by atoms with E-state index in [2.05, 4.69) is 70.2 Å². The van der Waals surface area contributed by atoms with E-state index in [0.29, 0.717) is 22.7 Å². The Hall–Kier alpha value is -12.9. The number of carbonyl (C=O) groups excluding carboxylic acids is 6. The topological polar surface area (TPSA) is 305 Å². The number of hydrogen-bond acceptors (Lipinski definition) is 24. The summed E-state index contributed by atoms with van der Waals surface area (Å²) in [6.07, 6.45) is -0.671. The SMILES string of the molecule is C=C(C)C(=O)OCCOC(=O)CCC(=O)OCC1(C)Nc2cccc3c(N=Nc4ccc(N=Nc5ccccc5)c5ccccc45)ccc(c23)N1.C=C(C)C(=O)OCCOC(=O)CCC(=O)OCC1(C)Nc2cccc3ccc(N=Nc4ccc(N=Nc5ccccc5)c5ccccc45)c(c23)N1. The number of benzene rings is 10. The van der Waals surface area contributed by atoms with Crippen LogP contribution in [0.2, 0.25) is 0 Å². The fourth-order valence-electron chi connectivity index (χ4n) is 11.0. The predicted octanol–water partition coefficient (Wildman–Crippen LogP) is 18.7. The van der Waals surface area contributed by atoms with Crippen LogP contribution < -0.4 is 21.3 Å². The molecule has 0 saturated heterocycles. The zero-order chi connectivity index (χ0) is 71.6. The van der Waals surface area contributed by atoms with Gasteiger partial charge in [0.15, 0.2) is 0 Å². The molecule has 516 valence electrons. The Labute approximate surface area is 586 Å². The molecule has 0 amide bonds. The summed E-state index contributed by atoms with van der Waals surface area (Å²) in [7, 11) is 0. The minimum absolute atomic E-state index is 0.0109. The van der Waals surface area contributed by atoms with Gasteiger partial charge in [0.25, 0.3) is 0 Å². The van der Waals surface area contributed by atoms with Crippen molar-refractivity contribution < 1.29 is 57.2 Å². The molecule has 0 spiro atoms. The van der Waals surface area contributed by atoms with Crippen LogP contribution in [0.1, 0.15) is 53.4 Å². The highest BCUT2D eigenvalue weighted by molar-refractivity contribution is 6.11. The Morgan fingerprint density at radius 3 is 1.12 bits per heavy atom. The number of hydrogen-bond donors (Lipinski definition) is 4. The van der Waals surface area contributed by atoms with Gasteiger partial charge in [-0.3, -0.25) is 19.2 Å². The average molecular weight is 1370 g/mol. The van der Waals surface area contributed by atoms with Crippen LogP contribution in [-0.4, -0.2) is 86.8 Å². The fraction of sp³-hybridized carbons (Fsp3) is 0.205. The van der Waals surface area contributed by atoms with Crippen molar-refractivity contribution >= 4 is 147 Å². The maximum atomic E-state index is 12.6. The van der Waals surface area contributed by atoms with Gasteiger partial charge in [-0.2, -0.15) is 10.2 Å². The van der Waals surface area contributed by atoms with Crippen LogP contribution >= 0.6 is 0 Å². The second kappa shape index (κ2) is 32.7. The molecule has 2 aliphatic heterocycles. The summed E-state index contributed by atoms with van der Waals surface area (Å²) in [5.74, 6) is -3.45. The Bertz CT molecular complexity index is 4960. The van der Waals surface area contributed by atoms with Crippen molar-refractivity contribution in [3.63, 3.8) is 0 Å². The maximum Gasteiger partial charge on any atom is 0.333 e. The third-order valence-electron chi connectivity index (χ3n) is 16.0. The number of nitrogens with zero attached hydrogens (tertiary/aromatic N) is 8. The van der Waals surface area contributed by atoms with Crippen molar-refractivity contribution in [1.82, 2.24) is 0 Å². The van der Waals surface area contributed by atoms with Gasteiger partial charge in [-0.25, -0.2) is 9.59 Å². The summed E-state index contributed by atoms with van der Waals surface area (Å²) in [5.41, 5.74) is 7.66. The molecule has 24 nitrogen and oxygen atoms in total. The number of ether oxygens (including phenoxy) is 6. The Morgan fingerprint density at radius 2 is 0.667 bits per heavy atom. The standard InChI is InChI=1S/2C39H36N6O6/c1-25(2)38(48)50-23-22-49-34(46)20-21-35(47)51-24-39(3)40-32-15-9-10-26-16-17-33(37(41-39)36(26)32)45-44-31-19-18-30(28-13-7-8-14-29(28)31)43-42-27-11-5-4-6-12-27;1-25(2)38(48)50-23-22-49-35(46)20-21-36(47)51-24-39(3)40-33-15-9-14-29-32(18-19-34(41-39)37(29)33)45-44-31-17-16-30(27-12-7-8-13-28(27)31)43-42-26-10-5-4-6-11-26/h2*4-19,40-41H,1,20-24H2,2-3H3. The summed E-state index contributed by atoms with van der Waals surface area (Å²) < 4.78 is 30.9. The van der Waals surface area contributed by atoms with Crippen LogP contribution in [0.4, 0.5) is 68.2 Å². The minimum atomic E-state index is -0.908. The molecule has 2 aliphatic rings. The van der Waals surface area contributed by atoms with E-state index >= 15 is 0 Å². The lowest BCUT2D eigenvalue weighted by Gasteiger charge is -2.38. The van der Waals surface area contributed by atoms with E-state index in [4.69, 9.17) is 33.5 Å². The number of anilines is 4. The highest BCUT2D eigenvalue weighted by Gasteiger charge is 2.34. The highest BCUT2D eigenvalue weighted by Crippen LogP contribution is 2.46. The van der Waals surface area contributed by atoms with Crippen LogP contribution in [0, 0.1) is 0 Å². The van der Waals surface area contributed by atoms with E-state index in [0.717, 1.165) is 88.6 Å². The molecule has 0 aliphatic carbocycles. The normalized spacial score (nSPS) is 15.0. The lowest BCUT2D eigenvalue weighted by atomic mass is 9.99. The summed E-state index contributed by atoms with van der Waals surface area (Å²) in [4.78, 5) is 72.0. The number of rotatable bonds is 26. The summed E-state index contributed by atoms with van der Waals surface area (Å²) in [5, 5.41) is 57.6. The largest absolute Gasteiger partial charge is 0.462 e. The van der Waals surface area contributed by atoms with Crippen molar-refractivity contribution in [1.29, 1.82) is 0 Å². The molecule has 0 aromatic heterocycles. The lowest BCUT2D eigenvalue weighted by molar-refractivity contribution is -0.153. The molecule has 102 heavy (non-hydrogen) atoms.